The number of esters is 2. The van der Waals surface area contributed by atoms with E-state index in [1.165, 1.54) is 26.0 Å². The van der Waals surface area contributed by atoms with Gasteiger partial charge in [0.05, 0.1) is 5.92 Å². The number of alkyl halides is 3. The van der Waals surface area contributed by atoms with E-state index in [4.69, 9.17) is 10.5 Å². The minimum absolute atomic E-state index is 0.0560. The maximum Gasteiger partial charge on any atom is 0.490 e. The lowest BCUT2D eigenvalue weighted by Crippen LogP contribution is -2.36. The number of halogens is 4. The second-order valence-corrected chi connectivity index (χ2v) is 7.59. The third-order valence-corrected chi connectivity index (χ3v) is 4.65. The van der Waals surface area contributed by atoms with Crippen molar-refractivity contribution in [3.05, 3.63) is 35.6 Å². The number of hydrogen-bond donors (Lipinski definition) is 1. The van der Waals surface area contributed by atoms with Gasteiger partial charge >= 0.3 is 18.1 Å². The second kappa shape index (κ2) is 8.46. The molecule has 0 bridgehead atoms. The molecule has 156 valence electrons. The summed E-state index contributed by atoms with van der Waals surface area (Å²) >= 11 is 0. The molecule has 0 aliphatic carbocycles. The zero-order valence-electron chi connectivity index (χ0n) is 15.6. The Kier molecular flexibility index (Phi) is 6.69. The van der Waals surface area contributed by atoms with Gasteiger partial charge in [-0.1, -0.05) is 12.1 Å². The first-order valence-corrected chi connectivity index (χ1v) is 8.88. The Labute approximate surface area is 160 Å². The summed E-state index contributed by atoms with van der Waals surface area (Å²) in [7, 11) is 0. The van der Waals surface area contributed by atoms with E-state index in [-0.39, 0.29) is 18.7 Å². The largest absolute Gasteiger partial charge is 0.490 e. The molecule has 1 heterocycles. The highest BCUT2D eigenvalue weighted by Crippen LogP contribution is 2.31. The van der Waals surface area contributed by atoms with Crippen LogP contribution in [0, 0.1) is 11.7 Å². The first-order chi connectivity index (χ1) is 12.9. The van der Waals surface area contributed by atoms with E-state index in [0.29, 0.717) is 18.4 Å². The molecule has 0 amide bonds. The summed E-state index contributed by atoms with van der Waals surface area (Å²) < 4.78 is 60.1. The normalized spacial score (nSPS) is 21.3. The number of ether oxygens (including phenoxy) is 2. The molecule has 0 radical (unpaired) electrons. The van der Waals surface area contributed by atoms with Gasteiger partial charge in [-0.3, -0.25) is 4.79 Å². The summed E-state index contributed by atoms with van der Waals surface area (Å²) in [5, 5.41) is 0. The molecule has 3 atom stereocenters. The van der Waals surface area contributed by atoms with Crippen molar-refractivity contribution in [1.29, 1.82) is 0 Å². The molecule has 9 heteroatoms. The average Bonchev–Trinajstić information content (AvgIpc) is 2.93. The van der Waals surface area contributed by atoms with Crippen LogP contribution < -0.4 is 5.73 Å². The van der Waals surface area contributed by atoms with Crippen LogP contribution >= 0.6 is 0 Å². The van der Waals surface area contributed by atoms with Crippen LogP contribution in [0.5, 0.6) is 0 Å². The molecule has 0 spiro atoms. The molecule has 1 aliphatic rings. The molecule has 0 aromatic heterocycles. The van der Waals surface area contributed by atoms with Gasteiger partial charge in [0.2, 0.25) is 0 Å². The summed E-state index contributed by atoms with van der Waals surface area (Å²) in [5.41, 5.74) is 5.38. The highest BCUT2D eigenvalue weighted by molar-refractivity contribution is 5.76. The highest BCUT2D eigenvalue weighted by atomic mass is 19.4. The Hall–Kier alpha value is -2.16. The van der Waals surface area contributed by atoms with Gasteiger partial charge < -0.3 is 15.2 Å². The fraction of sp³-hybridized carbons (Fsp3) is 0.579. The zero-order valence-corrected chi connectivity index (χ0v) is 15.6. The number of nitrogens with two attached hydrogens (primary N) is 1. The molecular weight excluding hydrogens is 382 g/mol. The van der Waals surface area contributed by atoms with Crippen molar-refractivity contribution < 1.29 is 36.6 Å². The Balaban J connectivity index is 1.87. The quantitative estimate of drug-likeness (QED) is 0.556. The molecule has 2 rings (SSSR count). The molecule has 1 aromatic rings. The predicted molar refractivity (Wildman–Crippen MR) is 91.5 cm³/mol. The molecular formula is C19H23F4NO4. The third-order valence-electron chi connectivity index (χ3n) is 4.65. The minimum atomic E-state index is -5.07. The van der Waals surface area contributed by atoms with E-state index in [1.54, 1.807) is 12.1 Å². The van der Waals surface area contributed by atoms with E-state index >= 15 is 0 Å². The summed E-state index contributed by atoms with van der Waals surface area (Å²) in [6, 6.07) is 5.41. The van der Waals surface area contributed by atoms with Gasteiger partial charge in [-0.2, -0.15) is 13.2 Å². The van der Waals surface area contributed by atoms with Crippen LogP contribution in [0.15, 0.2) is 24.3 Å². The number of hydrogen-bond acceptors (Lipinski definition) is 5. The summed E-state index contributed by atoms with van der Waals surface area (Å²) in [5.74, 6) is -3.69. The van der Waals surface area contributed by atoms with Gasteiger partial charge in [-0.25, -0.2) is 9.18 Å². The summed E-state index contributed by atoms with van der Waals surface area (Å²) in [4.78, 5) is 23.1. The van der Waals surface area contributed by atoms with E-state index in [2.05, 4.69) is 4.74 Å². The lowest BCUT2D eigenvalue weighted by Gasteiger charge is -2.26. The van der Waals surface area contributed by atoms with Crippen molar-refractivity contribution in [1.82, 2.24) is 0 Å². The van der Waals surface area contributed by atoms with Gasteiger partial charge in [-0.05, 0) is 57.2 Å². The van der Waals surface area contributed by atoms with E-state index in [0.717, 1.165) is 0 Å². The van der Waals surface area contributed by atoms with Crippen LogP contribution in [0.2, 0.25) is 0 Å². The SMILES string of the molecule is CC(C)(CC[C@@H]1C[C@@H]([C@@H](N)Cc2cccc(F)c2)OC1=O)OC(=O)C(F)(F)F. The Morgan fingerprint density at radius 2 is 2.04 bits per heavy atom. The van der Waals surface area contributed by atoms with Gasteiger partial charge in [0.15, 0.2) is 0 Å². The molecule has 1 saturated heterocycles. The standard InChI is InChI=1S/C19H23F4NO4/c1-18(2,28-17(26)19(21,22)23)7-6-12-10-15(27-16(12)25)14(24)9-11-4-3-5-13(20)8-11/h3-5,8,12,14-15H,6-7,9-10,24H2,1-2H3/t12-,14+,15+/m1/s1. The Morgan fingerprint density at radius 1 is 1.36 bits per heavy atom. The molecule has 1 fully saturated rings. The maximum absolute atomic E-state index is 13.3. The van der Waals surface area contributed by atoms with Crippen molar-refractivity contribution in [3.63, 3.8) is 0 Å². The maximum atomic E-state index is 13.3. The fourth-order valence-electron chi connectivity index (χ4n) is 3.12. The lowest BCUT2D eigenvalue weighted by molar-refractivity contribution is -0.212. The van der Waals surface area contributed by atoms with Gasteiger partial charge in [0.25, 0.3) is 0 Å². The smallest absolute Gasteiger partial charge is 0.460 e. The molecule has 2 N–H and O–H groups in total. The number of rotatable bonds is 7. The number of carbonyl (C=O) groups is 2. The van der Waals surface area contributed by atoms with Crippen LogP contribution in [0.3, 0.4) is 0 Å². The van der Waals surface area contributed by atoms with Crippen molar-refractivity contribution in [3.8, 4) is 0 Å². The average molecular weight is 405 g/mol. The van der Waals surface area contributed by atoms with Gasteiger partial charge in [0, 0.05) is 6.04 Å². The van der Waals surface area contributed by atoms with Crippen molar-refractivity contribution in [2.24, 2.45) is 11.7 Å². The second-order valence-electron chi connectivity index (χ2n) is 7.59. The molecule has 1 aliphatic heterocycles. The lowest BCUT2D eigenvalue weighted by atomic mass is 9.90. The fourth-order valence-corrected chi connectivity index (χ4v) is 3.12. The van der Waals surface area contributed by atoms with Crippen molar-refractivity contribution >= 4 is 11.9 Å². The monoisotopic (exact) mass is 405 g/mol. The van der Waals surface area contributed by atoms with Gasteiger partial charge in [0.1, 0.15) is 17.5 Å². The topological polar surface area (TPSA) is 78.6 Å². The molecule has 1 aromatic carbocycles. The molecule has 28 heavy (non-hydrogen) atoms. The van der Waals surface area contributed by atoms with E-state index in [1.807, 2.05) is 0 Å². The zero-order chi connectivity index (χ0) is 21.1. The summed E-state index contributed by atoms with van der Waals surface area (Å²) in [6.45, 7) is 2.70. The molecule has 0 unspecified atom stereocenters. The van der Waals surface area contributed by atoms with Crippen molar-refractivity contribution in [2.45, 2.75) is 63.5 Å². The highest BCUT2D eigenvalue weighted by Gasteiger charge is 2.44. The molecule has 5 nitrogen and oxygen atoms in total. The summed E-state index contributed by atoms with van der Waals surface area (Å²) in [6.07, 6.45) is -4.77. The minimum Gasteiger partial charge on any atom is -0.460 e. The van der Waals surface area contributed by atoms with E-state index < -0.39 is 41.8 Å². The number of benzene rings is 1. The number of cyclic esters (lactones) is 1. The van der Waals surface area contributed by atoms with Crippen LogP contribution in [0.4, 0.5) is 17.6 Å². The predicted octanol–water partition coefficient (Wildman–Crippen LogP) is 3.29. The Bertz CT molecular complexity index is 720. The van der Waals surface area contributed by atoms with E-state index in [9.17, 15) is 27.2 Å². The van der Waals surface area contributed by atoms with Crippen LogP contribution in [-0.2, 0) is 25.5 Å². The number of carbonyl (C=O) groups excluding carboxylic acids is 2. The van der Waals surface area contributed by atoms with Gasteiger partial charge in [-0.15, -0.1) is 0 Å². The van der Waals surface area contributed by atoms with Crippen LogP contribution in [0.1, 0.15) is 38.7 Å². The third kappa shape index (κ3) is 6.19. The van der Waals surface area contributed by atoms with Crippen LogP contribution in [0.25, 0.3) is 0 Å². The first kappa shape index (κ1) is 22.1. The van der Waals surface area contributed by atoms with Crippen molar-refractivity contribution in [2.75, 3.05) is 0 Å². The first-order valence-electron chi connectivity index (χ1n) is 8.88. The molecule has 0 saturated carbocycles. The Morgan fingerprint density at radius 3 is 2.64 bits per heavy atom. The van der Waals surface area contributed by atoms with Crippen LogP contribution in [-0.4, -0.2) is 35.9 Å².